The maximum Gasteiger partial charge on any atom is 0.0780 e. The molecular formula is C120H200N8+8. The summed E-state index contributed by atoms with van der Waals surface area (Å²) in [5, 5.41) is 0. The van der Waals surface area contributed by atoms with Crippen LogP contribution < -0.4 is 0 Å². The van der Waals surface area contributed by atoms with E-state index in [-0.39, 0.29) is 0 Å². The average molecular weight is 1750 g/mol. The van der Waals surface area contributed by atoms with E-state index in [1.165, 1.54) is 369 Å². The van der Waals surface area contributed by atoms with Crippen LogP contribution in [-0.4, -0.2) is 257 Å². The van der Waals surface area contributed by atoms with E-state index in [0.29, 0.717) is 0 Å². The molecule has 0 radical (unpaired) electrons. The van der Waals surface area contributed by atoms with Crippen molar-refractivity contribution in [1.29, 1.82) is 0 Å². The first-order valence-electron chi connectivity index (χ1n) is 52.4. The van der Waals surface area contributed by atoms with Crippen LogP contribution in [0.1, 0.15) is 317 Å². The summed E-state index contributed by atoms with van der Waals surface area (Å²) in [6, 6.07) is 41.5. The molecule has 0 N–H and O–H groups in total. The Morgan fingerprint density at radius 2 is 0.273 bits per heavy atom. The van der Waals surface area contributed by atoms with Crippen molar-refractivity contribution in [3.63, 3.8) is 0 Å². The smallest absolute Gasteiger partial charge is 0.0780 e. The lowest BCUT2D eigenvalue weighted by Gasteiger charge is -2.23. The van der Waals surface area contributed by atoms with E-state index in [4.69, 9.17) is 0 Å². The minimum absolute atomic E-state index is 0.944. The Morgan fingerprint density at radius 3 is 0.398 bits per heavy atom. The van der Waals surface area contributed by atoms with Gasteiger partial charge in [0.25, 0.3) is 0 Å². The molecule has 0 fully saturated rings. The highest BCUT2D eigenvalue weighted by atomic mass is 15.3. The topological polar surface area (TPSA) is 0 Å². The summed E-state index contributed by atoms with van der Waals surface area (Å²) in [4.78, 5) is 0. The van der Waals surface area contributed by atoms with Gasteiger partial charge in [-0.1, -0.05) is 197 Å². The van der Waals surface area contributed by atoms with Crippen LogP contribution in [0.4, 0.5) is 0 Å². The van der Waals surface area contributed by atoms with Gasteiger partial charge in [0.2, 0.25) is 0 Å². The zero-order valence-corrected chi connectivity index (χ0v) is 88.2. The summed E-state index contributed by atoms with van der Waals surface area (Å²) >= 11 is 0. The van der Waals surface area contributed by atoms with Crippen LogP contribution >= 0.6 is 0 Å². The van der Waals surface area contributed by atoms with E-state index >= 15 is 0 Å². The maximum atomic E-state index is 2.66. The number of aryl methyl sites for hydroxylation is 12. The van der Waals surface area contributed by atoms with E-state index in [2.05, 4.69) is 315 Å². The van der Waals surface area contributed by atoms with Gasteiger partial charge in [-0.2, -0.15) is 0 Å². The molecule has 0 aliphatic heterocycles. The lowest BCUT2D eigenvalue weighted by molar-refractivity contribution is -0.870. The fourth-order valence-electron chi connectivity index (χ4n) is 19.1. The molecule has 0 saturated carbocycles. The molecule has 0 spiro atoms. The summed E-state index contributed by atoms with van der Waals surface area (Å²) in [5.74, 6) is 0. The zero-order chi connectivity index (χ0) is 93.3. The van der Waals surface area contributed by atoms with Crippen LogP contribution in [0.15, 0.2) is 97.1 Å². The number of nitrogens with zero attached hydrogens (tertiary/aromatic N) is 8. The average Bonchev–Trinajstić information content (AvgIpc) is 0.792. The Bertz CT molecular complexity index is 3560. The fraction of sp³-hybridized carbons (Fsp3) is 0.633. The van der Waals surface area contributed by atoms with Gasteiger partial charge in [0, 0.05) is 0 Å². The van der Waals surface area contributed by atoms with E-state index in [9.17, 15) is 0 Å². The molecule has 6 aromatic carbocycles. The number of benzene rings is 6. The highest BCUT2D eigenvalue weighted by Gasteiger charge is 2.20. The van der Waals surface area contributed by atoms with Crippen molar-refractivity contribution in [2.75, 3.05) is 222 Å². The molecule has 10 rings (SSSR count). The Morgan fingerprint density at radius 1 is 0.148 bits per heavy atom. The standard InChI is InChI=1S/C120H200N8/c1-121(2,3)77-49-33-25-41-57-101-85-102(58-42-26-34-50-78-122(4,5)6)90-109(89-101)65-69-113-97-118-75-76-120-100-115(71-67-111-93-105(61-45-29-37-53-81-125(13,14)15)87-106(94-111)62-46-30-38-54-82-126(16,17)18)119(99-116(120)72-68-112-95-107(63-47-31-39-55-83-127(19,20)21)88-108(96-112)64-48-32-40-56-84-128(22,23)24)74-73-117(113)98-114(118)70-66-110-91-103(59-43-27-35-51-79-123(7,8)9)86-104(92-110)60-44-28-36-52-80-124(10,11)12/h65-72,85-100H,25-64,73-84H2,1-24H3/q+8/b69-65-,70-66+,71-67+,72-68+. The third kappa shape index (κ3) is 50.2. The molecule has 712 valence electrons. The maximum absolute atomic E-state index is 2.66. The summed E-state index contributed by atoms with van der Waals surface area (Å²) in [6.45, 7) is 9.94. The molecule has 0 amide bonds. The molecular weight excluding hydrogens is 1550 g/mol. The highest BCUT2D eigenvalue weighted by Crippen LogP contribution is 2.33. The van der Waals surface area contributed by atoms with Gasteiger partial charge in [-0.05, 0) is 342 Å². The van der Waals surface area contributed by atoms with E-state index in [1.807, 2.05) is 0 Å². The van der Waals surface area contributed by atoms with Gasteiger partial charge in [0.1, 0.15) is 0 Å². The van der Waals surface area contributed by atoms with Crippen molar-refractivity contribution in [2.24, 2.45) is 0 Å². The molecule has 128 heavy (non-hydrogen) atoms. The molecule has 0 saturated heterocycles. The van der Waals surface area contributed by atoms with Gasteiger partial charge in [-0.3, -0.25) is 0 Å². The Kier molecular flexibility index (Phi) is 46.8. The molecule has 0 unspecified atom stereocenters. The largest absolute Gasteiger partial charge is 0.331 e. The number of hydrogen-bond acceptors (Lipinski definition) is 0. The number of hydrogen-bond donors (Lipinski definition) is 0. The van der Waals surface area contributed by atoms with Crippen LogP contribution in [0.3, 0.4) is 0 Å². The third-order valence-corrected chi connectivity index (χ3v) is 26.6. The molecule has 0 aromatic heterocycles. The predicted octanol–water partition coefficient (Wildman–Crippen LogP) is 26.7. The van der Waals surface area contributed by atoms with Crippen molar-refractivity contribution < 1.29 is 35.9 Å². The SMILES string of the molecule is C[N+](C)(C)CCCCCCc1cc(/C=C\c2cc3c(/C=C/c4cc(CCCCCC[N+](C)(C)C)cc(CCCCCC[N+](C)(C)C)c4)cc2CCc2cc(/C=C/c4cc(CCCCCC[N+](C)(C)C)cc(CCCCCC[N+](C)(C)C)c4)c(cc2/C=C/c2cc(CCCCCC[N+](C)(C)C)cc(CCCCCC[N+](C)(C)C)c2)CC3)cc(CCCCCC[N+](C)(C)C)c1. The van der Waals surface area contributed by atoms with Crippen LogP contribution in [0.5, 0.6) is 0 Å². The monoisotopic (exact) mass is 1750 g/mol. The van der Waals surface area contributed by atoms with Crippen molar-refractivity contribution in [3.8, 4) is 0 Å². The quantitative estimate of drug-likeness (QED) is 0.0203. The molecule has 0 heterocycles. The molecule has 8 nitrogen and oxygen atoms in total. The summed E-state index contributed by atoms with van der Waals surface area (Å²) in [6.07, 6.45) is 74.5. The minimum atomic E-state index is 0.944. The lowest BCUT2D eigenvalue weighted by Crippen LogP contribution is -2.35. The van der Waals surface area contributed by atoms with Gasteiger partial charge in [-0.25, -0.2) is 0 Å². The molecule has 8 heteroatoms. The second-order valence-corrected chi connectivity index (χ2v) is 48.6. The number of quaternary nitrogens is 8. The zero-order valence-electron chi connectivity index (χ0n) is 88.2. The van der Waals surface area contributed by atoms with E-state index in [0.717, 1.165) is 113 Å². The minimum Gasteiger partial charge on any atom is -0.331 e. The van der Waals surface area contributed by atoms with Crippen molar-refractivity contribution in [3.05, 3.63) is 208 Å². The Hall–Kier alpha value is -6.04. The van der Waals surface area contributed by atoms with Gasteiger partial charge in [0.05, 0.1) is 222 Å². The fourth-order valence-corrected chi connectivity index (χ4v) is 19.1. The second kappa shape index (κ2) is 55.0. The normalized spacial score (nSPS) is 13.6. The summed E-state index contributed by atoms with van der Waals surface area (Å²) < 4.78 is 8.38. The molecule has 4 bridgehead atoms. The molecule has 4 aliphatic rings. The second-order valence-electron chi connectivity index (χ2n) is 48.6. The highest BCUT2D eigenvalue weighted by molar-refractivity contribution is 5.79. The van der Waals surface area contributed by atoms with Crippen LogP contribution in [-0.2, 0) is 77.0 Å². The first-order valence-corrected chi connectivity index (χ1v) is 52.4. The summed E-state index contributed by atoms with van der Waals surface area (Å²) in [5.41, 5.74) is 28.9. The first-order chi connectivity index (χ1) is 60.4. The number of rotatable bonds is 64. The van der Waals surface area contributed by atoms with Crippen molar-refractivity contribution in [1.82, 2.24) is 0 Å². The van der Waals surface area contributed by atoms with Crippen LogP contribution in [0, 0.1) is 0 Å². The van der Waals surface area contributed by atoms with Gasteiger partial charge >= 0.3 is 0 Å². The first kappa shape index (κ1) is 109. The molecule has 4 aliphatic carbocycles. The van der Waals surface area contributed by atoms with Crippen LogP contribution in [0.25, 0.3) is 48.6 Å². The molecule has 6 aromatic rings. The van der Waals surface area contributed by atoms with Crippen LogP contribution in [0.2, 0.25) is 0 Å². The number of unbranched alkanes of at least 4 members (excludes halogenated alkanes) is 24. The predicted molar refractivity (Wildman–Crippen MR) is 570 cm³/mol. The Balaban J connectivity index is 1.38. The van der Waals surface area contributed by atoms with E-state index in [1.54, 1.807) is 0 Å². The van der Waals surface area contributed by atoms with Crippen molar-refractivity contribution >= 4 is 48.6 Å². The van der Waals surface area contributed by atoms with Gasteiger partial charge in [0.15, 0.2) is 0 Å². The van der Waals surface area contributed by atoms with Crippen molar-refractivity contribution in [2.45, 2.75) is 283 Å². The van der Waals surface area contributed by atoms with Gasteiger partial charge < -0.3 is 35.9 Å². The lowest BCUT2D eigenvalue weighted by atomic mass is 9.85. The van der Waals surface area contributed by atoms with E-state index < -0.39 is 0 Å². The Labute approximate surface area is 791 Å². The molecule has 0 atom stereocenters. The van der Waals surface area contributed by atoms with Gasteiger partial charge in [-0.15, -0.1) is 0 Å². The third-order valence-electron chi connectivity index (χ3n) is 26.6. The summed E-state index contributed by atoms with van der Waals surface area (Å²) in [7, 11) is 56.2.